The van der Waals surface area contributed by atoms with Crippen LogP contribution in [-0.2, 0) is 11.3 Å². The van der Waals surface area contributed by atoms with Gasteiger partial charge in [-0.1, -0.05) is 6.07 Å². The SMILES string of the molecule is CNc1cccc(COC(C)C)n1. The summed E-state index contributed by atoms with van der Waals surface area (Å²) in [6.45, 7) is 4.61. The van der Waals surface area contributed by atoms with Crippen LogP contribution in [0.15, 0.2) is 18.2 Å². The topological polar surface area (TPSA) is 34.1 Å². The molecular formula is C10H16N2O. The van der Waals surface area contributed by atoms with E-state index in [1.165, 1.54) is 0 Å². The average molecular weight is 180 g/mol. The lowest BCUT2D eigenvalue weighted by Gasteiger charge is -2.07. The number of nitrogens with one attached hydrogen (secondary N) is 1. The number of aromatic nitrogens is 1. The van der Waals surface area contributed by atoms with E-state index in [0.29, 0.717) is 6.61 Å². The second kappa shape index (κ2) is 4.82. The zero-order valence-electron chi connectivity index (χ0n) is 8.37. The Kier molecular flexibility index (Phi) is 3.71. The van der Waals surface area contributed by atoms with E-state index < -0.39 is 0 Å². The summed E-state index contributed by atoms with van der Waals surface area (Å²) < 4.78 is 5.44. The van der Waals surface area contributed by atoms with Crippen LogP contribution in [0, 0.1) is 0 Å². The first-order valence-electron chi connectivity index (χ1n) is 4.47. The van der Waals surface area contributed by atoms with E-state index in [0.717, 1.165) is 11.5 Å². The summed E-state index contributed by atoms with van der Waals surface area (Å²) in [5, 5.41) is 2.99. The van der Waals surface area contributed by atoms with Gasteiger partial charge in [-0.15, -0.1) is 0 Å². The summed E-state index contributed by atoms with van der Waals surface area (Å²) in [5.74, 6) is 0.879. The number of rotatable bonds is 4. The van der Waals surface area contributed by atoms with Gasteiger partial charge < -0.3 is 10.1 Å². The first-order valence-corrected chi connectivity index (χ1v) is 4.47. The van der Waals surface area contributed by atoms with Crippen molar-refractivity contribution in [2.24, 2.45) is 0 Å². The smallest absolute Gasteiger partial charge is 0.126 e. The van der Waals surface area contributed by atoms with Crippen molar-refractivity contribution in [2.45, 2.75) is 26.6 Å². The highest BCUT2D eigenvalue weighted by Crippen LogP contribution is 2.05. The minimum absolute atomic E-state index is 0.250. The molecule has 0 spiro atoms. The van der Waals surface area contributed by atoms with Gasteiger partial charge in [0.2, 0.25) is 0 Å². The first kappa shape index (κ1) is 9.99. The molecule has 1 N–H and O–H groups in total. The minimum Gasteiger partial charge on any atom is -0.373 e. The Morgan fingerprint density at radius 3 is 2.85 bits per heavy atom. The quantitative estimate of drug-likeness (QED) is 0.770. The summed E-state index contributed by atoms with van der Waals surface area (Å²) in [5.41, 5.74) is 0.959. The molecule has 1 aromatic heterocycles. The molecule has 0 amide bonds. The Morgan fingerprint density at radius 1 is 1.46 bits per heavy atom. The molecule has 0 saturated carbocycles. The van der Waals surface area contributed by atoms with Crippen LogP contribution in [0.5, 0.6) is 0 Å². The molecule has 72 valence electrons. The van der Waals surface area contributed by atoms with Crippen molar-refractivity contribution in [3.05, 3.63) is 23.9 Å². The van der Waals surface area contributed by atoms with E-state index in [1.54, 1.807) is 0 Å². The Morgan fingerprint density at radius 2 is 2.23 bits per heavy atom. The monoisotopic (exact) mass is 180 g/mol. The lowest BCUT2D eigenvalue weighted by Crippen LogP contribution is -2.04. The number of nitrogens with zero attached hydrogens (tertiary/aromatic N) is 1. The number of anilines is 1. The van der Waals surface area contributed by atoms with Gasteiger partial charge in [0.1, 0.15) is 5.82 Å². The van der Waals surface area contributed by atoms with Crippen LogP contribution in [0.25, 0.3) is 0 Å². The second-order valence-corrected chi connectivity index (χ2v) is 3.12. The van der Waals surface area contributed by atoms with Gasteiger partial charge in [-0.3, -0.25) is 0 Å². The first-order chi connectivity index (χ1) is 6.22. The van der Waals surface area contributed by atoms with E-state index >= 15 is 0 Å². The van der Waals surface area contributed by atoms with Crippen LogP contribution in [-0.4, -0.2) is 18.1 Å². The van der Waals surface area contributed by atoms with Crippen LogP contribution < -0.4 is 5.32 Å². The third kappa shape index (κ3) is 3.42. The van der Waals surface area contributed by atoms with Crippen LogP contribution in [0.1, 0.15) is 19.5 Å². The molecule has 0 radical (unpaired) electrons. The summed E-state index contributed by atoms with van der Waals surface area (Å²) in [7, 11) is 1.86. The Labute approximate surface area is 79.1 Å². The normalized spacial score (nSPS) is 10.5. The number of hydrogen-bond acceptors (Lipinski definition) is 3. The Hall–Kier alpha value is -1.09. The van der Waals surface area contributed by atoms with E-state index in [2.05, 4.69) is 10.3 Å². The molecule has 0 bridgehead atoms. The molecule has 0 fully saturated rings. The number of ether oxygens (including phenoxy) is 1. The maximum atomic E-state index is 5.44. The third-order valence-electron chi connectivity index (χ3n) is 1.63. The maximum absolute atomic E-state index is 5.44. The molecule has 0 saturated heterocycles. The fraction of sp³-hybridized carbons (Fsp3) is 0.500. The van der Waals surface area contributed by atoms with Gasteiger partial charge >= 0.3 is 0 Å². The number of hydrogen-bond donors (Lipinski definition) is 1. The van der Waals surface area contributed by atoms with Gasteiger partial charge in [0.25, 0.3) is 0 Å². The van der Waals surface area contributed by atoms with Crippen molar-refractivity contribution in [2.75, 3.05) is 12.4 Å². The van der Waals surface area contributed by atoms with Crippen LogP contribution in [0.4, 0.5) is 5.82 Å². The molecule has 0 aromatic carbocycles. The van der Waals surface area contributed by atoms with Crippen molar-refractivity contribution in [3.8, 4) is 0 Å². The lowest BCUT2D eigenvalue weighted by atomic mass is 10.3. The molecule has 3 heteroatoms. The fourth-order valence-electron chi connectivity index (χ4n) is 0.951. The molecule has 0 aliphatic rings. The molecule has 0 atom stereocenters. The van der Waals surface area contributed by atoms with Crippen molar-refractivity contribution < 1.29 is 4.74 Å². The largest absolute Gasteiger partial charge is 0.373 e. The molecule has 1 heterocycles. The van der Waals surface area contributed by atoms with Crippen molar-refractivity contribution >= 4 is 5.82 Å². The second-order valence-electron chi connectivity index (χ2n) is 3.12. The zero-order chi connectivity index (χ0) is 9.68. The van der Waals surface area contributed by atoms with E-state index in [4.69, 9.17) is 4.74 Å². The summed E-state index contributed by atoms with van der Waals surface area (Å²) >= 11 is 0. The van der Waals surface area contributed by atoms with Crippen molar-refractivity contribution in [3.63, 3.8) is 0 Å². The zero-order valence-corrected chi connectivity index (χ0v) is 8.37. The van der Waals surface area contributed by atoms with Crippen molar-refractivity contribution in [1.82, 2.24) is 4.98 Å². The number of pyridine rings is 1. The molecule has 3 nitrogen and oxygen atoms in total. The van der Waals surface area contributed by atoms with E-state index in [1.807, 2.05) is 39.1 Å². The van der Waals surface area contributed by atoms with Gasteiger partial charge in [-0.25, -0.2) is 4.98 Å². The summed E-state index contributed by atoms with van der Waals surface area (Å²) in [4.78, 5) is 4.33. The maximum Gasteiger partial charge on any atom is 0.126 e. The standard InChI is InChI=1S/C10H16N2O/c1-8(2)13-7-9-5-4-6-10(11-3)12-9/h4-6,8H,7H2,1-3H3,(H,11,12). The van der Waals surface area contributed by atoms with E-state index in [9.17, 15) is 0 Å². The molecule has 0 unspecified atom stereocenters. The van der Waals surface area contributed by atoms with Crippen LogP contribution in [0.3, 0.4) is 0 Å². The molecule has 0 aliphatic carbocycles. The highest BCUT2D eigenvalue weighted by molar-refractivity contribution is 5.33. The predicted octanol–water partition coefficient (Wildman–Crippen LogP) is 2.05. The minimum atomic E-state index is 0.250. The van der Waals surface area contributed by atoms with Gasteiger partial charge in [0, 0.05) is 7.05 Å². The van der Waals surface area contributed by atoms with Gasteiger partial charge in [0.05, 0.1) is 18.4 Å². The van der Waals surface area contributed by atoms with Gasteiger partial charge in [-0.05, 0) is 26.0 Å². The Balaban J connectivity index is 2.56. The van der Waals surface area contributed by atoms with Gasteiger partial charge in [0.15, 0.2) is 0 Å². The predicted molar refractivity (Wildman–Crippen MR) is 53.7 cm³/mol. The van der Waals surface area contributed by atoms with Crippen LogP contribution >= 0.6 is 0 Å². The molecular weight excluding hydrogens is 164 g/mol. The van der Waals surface area contributed by atoms with Crippen molar-refractivity contribution in [1.29, 1.82) is 0 Å². The fourth-order valence-corrected chi connectivity index (χ4v) is 0.951. The molecule has 0 aliphatic heterocycles. The summed E-state index contributed by atoms with van der Waals surface area (Å²) in [6.07, 6.45) is 0.250. The Bertz CT molecular complexity index is 261. The van der Waals surface area contributed by atoms with Crippen LogP contribution in [0.2, 0.25) is 0 Å². The highest BCUT2D eigenvalue weighted by atomic mass is 16.5. The van der Waals surface area contributed by atoms with Gasteiger partial charge in [-0.2, -0.15) is 0 Å². The average Bonchev–Trinajstić information content (AvgIpc) is 2.15. The van der Waals surface area contributed by atoms with E-state index in [-0.39, 0.29) is 6.10 Å². The molecule has 1 rings (SSSR count). The lowest BCUT2D eigenvalue weighted by molar-refractivity contribution is 0.0636. The molecule has 1 aromatic rings. The molecule has 13 heavy (non-hydrogen) atoms. The third-order valence-corrected chi connectivity index (χ3v) is 1.63. The highest BCUT2D eigenvalue weighted by Gasteiger charge is 1.98. The summed E-state index contributed by atoms with van der Waals surface area (Å²) in [6, 6.07) is 5.86.